The van der Waals surface area contributed by atoms with E-state index in [9.17, 15) is 9.90 Å². The fourth-order valence-corrected chi connectivity index (χ4v) is 3.45. The summed E-state index contributed by atoms with van der Waals surface area (Å²) in [6, 6.07) is 1.92. The van der Waals surface area contributed by atoms with Crippen LogP contribution in [0.1, 0.15) is 41.4 Å². The van der Waals surface area contributed by atoms with Crippen molar-refractivity contribution < 1.29 is 9.90 Å². The Labute approximate surface area is 147 Å². The minimum absolute atomic E-state index is 0.0497. The Morgan fingerprint density at radius 2 is 2.28 bits per heavy atom. The molecule has 1 amide bonds. The molecule has 2 aromatic heterocycles. The molecule has 1 aliphatic heterocycles. The number of H-pyrrole nitrogens is 1. The molecule has 8 nitrogen and oxygen atoms in total. The van der Waals surface area contributed by atoms with Gasteiger partial charge in [0.2, 0.25) is 0 Å². The zero-order valence-corrected chi connectivity index (χ0v) is 14.8. The molecule has 25 heavy (non-hydrogen) atoms. The van der Waals surface area contributed by atoms with Crippen LogP contribution in [0.25, 0.3) is 0 Å². The van der Waals surface area contributed by atoms with Crippen molar-refractivity contribution in [2.75, 3.05) is 27.2 Å². The van der Waals surface area contributed by atoms with Crippen molar-refractivity contribution in [3.05, 3.63) is 35.9 Å². The minimum atomic E-state index is -0.517. The normalized spacial score (nSPS) is 19.7. The van der Waals surface area contributed by atoms with Gasteiger partial charge in [-0.25, -0.2) is 0 Å². The van der Waals surface area contributed by atoms with Crippen LogP contribution in [0.5, 0.6) is 0 Å². The number of hydrogen-bond donors (Lipinski definition) is 2. The summed E-state index contributed by atoms with van der Waals surface area (Å²) < 4.78 is 1.74. The first-order valence-electron chi connectivity index (χ1n) is 8.70. The fourth-order valence-electron chi connectivity index (χ4n) is 3.45. The molecular formula is C17H26N6O2. The molecule has 1 fully saturated rings. The highest BCUT2D eigenvalue weighted by Crippen LogP contribution is 2.32. The van der Waals surface area contributed by atoms with Gasteiger partial charge in [-0.15, -0.1) is 0 Å². The van der Waals surface area contributed by atoms with E-state index in [4.69, 9.17) is 0 Å². The maximum Gasteiger partial charge on any atom is 0.256 e. The second-order valence-electron chi connectivity index (χ2n) is 6.79. The first kappa shape index (κ1) is 17.6. The highest BCUT2D eigenvalue weighted by atomic mass is 16.3. The van der Waals surface area contributed by atoms with E-state index in [-0.39, 0.29) is 11.9 Å². The Kier molecular flexibility index (Phi) is 5.50. The summed E-state index contributed by atoms with van der Waals surface area (Å²) in [5, 5.41) is 21.7. The summed E-state index contributed by atoms with van der Waals surface area (Å²) >= 11 is 0. The van der Waals surface area contributed by atoms with E-state index in [1.165, 1.54) is 0 Å². The summed E-state index contributed by atoms with van der Waals surface area (Å²) in [7, 11) is 3.48. The Morgan fingerprint density at radius 1 is 1.44 bits per heavy atom. The Hall–Kier alpha value is -2.19. The van der Waals surface area contributed by atoms with Crippen molar-refractivity contribution in [3.63, 3.8) is 0 Å². The first-order valence-corrected chi connectivity index (χ1v) is 8.70. The largest absolute Gasteiger partial charge is 0.390 e. The molecule has 0 bridgehead atoms. The van der Waals surface area contributed by atoms with Gasteiger partial charge in [0.25, 0.3) is 5.91 Å². The van der Waals surface area contributed by atoms with E-state index >= 15 is 0 Å². The molecule has 3 heterocycles. The van der Waals surface area contributed by atoms with Gasteiger partial charge >= 0.3 is 0 Å². The van der Waals surface area contributed by atoms with E-state index in [2.05, 4.69) is 20.2 Å². The average Bonchev–Trinajstić information content (AvgIpc) is 3.26. The molecule has 136 valence electrons. The van der Waals surface area contributed by atoms with Crippen LogP contribution in [0.3, 0.4) is 0 Å². The number of β-amino-alcohol motifs (C(OH)–C–C–N with tert-alkyl or cyclic N) is 1. The number of aliphatic hydroxyl groups excluding tert-OH is 1. The van der Waals surface area contributed by atoms with Crippen LogP contribution in [-0.4, -0.2) is 74.1 Å². The maximum atomic E-state index is 12.4. The number of aromatic nitrogens is 4. The molecule has 0 aliphatic carbocycles. The van der Waals surface area contributed by atoms with E-state index in [1.54, 1.807) is 36.1 Å². The summed E-state index contributed by atoms with van der Waals surface area (Å²) in [4.78, 5) is 16.2. The molecular weight excluding hydrogens is 320 g/mol. The molecule has 1 saturated heterocycles. The number of aliphatic hydroxyl groups is 1. The van der Waals surface area contributed by atoms with Crippen molar-refractivity contribution in [3.8, 4) is 0 Å². The molecule has 0 radical (unpaired) electrons. The number of nitrogens with one attached hydrogen (secondary N) is 1. The zero-order valence-electron chi connectivity index (χ0n) is 14.8. The molecule has 0 spiro atoms. The summed E-state index contributed by atoms with van der Waals surface area (Å²) in [5.74, 6) is -0.0497. The number of likely N-dealkylation sites (tertiary alicyclic amines) is 1. The summed E-state index contributed by atoms with van der Waals surface area (Å²) in [5.41, 5.74) is 1.47. The lowest BCUT2D eigenvalue weighted by atomic mass is 9.96. The van der Waals surface area contributed by atoms with Crippen LogP contribution >= 0.6 is 0 Å². The van der Waals surface area contributed by atoms with Gasteiger partial charge in [-0.1, -0.05) is 6.42 Å². The van der Waals surface area contributed by atoms with E-state index in [1.807, 2.05) is 12.3 Å². The summed E-state index contributed by atoms with van der Waals surface area (Å²) in [6.45, 7) is 1.90. The number of rotatable bonds is 6. The fraction of sp³-hybridized carbons (Fsp3) is 0.588. The number of hydrogen-bond acceptors (Lipinski definition) is 5. The van der Waals surface area contributed by atoms with E-state index in [0.29, 0.717) is 18.7 Å². The number of aromatic amines is 1. The van der Waals surface area contributed by atoms with Gasteiger partial charge in [0.1, 0.15) is 0 Å². The topological polar surface area (TPSA) is 90.3 Å². The molecule has 2 aromatic rings. The lowest BCUT2D eigenvalue weighted by Gasteiger charge is -2.36. The third-order valence-electron chi connectivity index (χ3n) is 4.65. The number of carbonyl (C=O) groups excluding carboxylic acids is 1. The molecule has 0 aromatic carbocycles. The second-order valence-corrected chi connectivity index (χ2v) is 6.79. The van der Waals surface area contributed by atoms with Crippen LogP contribution in [0.15, 0.2) is 24.7 Å². The van der Waals surface area contributed by atoms with Crippen LogP contribution in [0.2, 0.25) is 0 Å². The van der Waals surface area contributed by atoms with E-state index in [0.717, 1.165) is 31.5 Å². The van der Waals surface area contributed by atoms with Crippen molar-refractivity contribution >= 4 is 5.91 Å². The number of piperidine rings is 1. The van der Waals surface area contributed by atoms with Gasteiger partial charge < -0.3 is 10.0 Å². The second kappa shape index (κ2) is 7.79. The van der Waals surface area contributed by atoms with Crippen molar-refractivity contribution in [2.24, 2.45) is 0 Å². The molecule has 1 aliphatic rings. The van der Waals surface area contributed by atoms with Gasteiger partial charge in [0.05, 0.1) is 36.1 Å². The number of carbonyl (C=O) groups is 1. The standard InChI is InChI=1S/C17H26N6O2/c1-21(2)17(25)14-10-18-20-16(14)15-6-3-4-8-22(15)11-13(24)12-23-9-5-7-19-23/h5,7,9-10,13,15,24H,3-4,6,8,11-12H2,1-2H3,(H,18,20). The molecule has 2 atom stereocenters. The van der Waals surface area contributed by atoms with Crippen LogP contribution in [-0.2, 0) is 6.54 Å². The smallest absolute Gasteiger partial charge is 0.256 e. The third-order valence-corrected chi connectivity index (χ3v) is 4.65. The van der Waals surface area contributed by atoms with Crippen molar-refractivity contribution in [1.29, 1.82) is 0 Å². The van der Waals surface area contributed by atoms with Crippen molar-refractivity contribution in [2.45, 2.75) is 38.0 Å². The van der Waals surface area contributed by atoms with Crippen molar-refractivity contribution in [1.82, 2.24) is 29.8 Å². The number of nitrogens with zero attached hydrogens (tertiary/aromatic N) is 5. The third kappa shape index (κ3) is 4.08. The molecule has 0 saturated carbocycles. The molecule has 2 unspecified atom stereocenters. The highest BCUT2D eigenvalue weighted by molar-refractivity contribution is 5.94. The van der Waals surface area contributed by atoms with Gasteiger partial charge in [0, 0.05) is 33.0 Å². The van der Waals surface area contributed by atoms with Gasteiger partial charge in [-0.05, 0) is 25.5 Å². The van der Waals surface area contributed by atoms with Crippen LogP contribution in [0, 0.1) is 0 Å². The Balaban J connectivity index is 1.73. The van der Waals surface area contributed by atoms with Crippen LogP contribution in [0.4, 0.5) is 0 Å². The maximum absolute atomic E-state index is 12.4. The SMILES string of the molecule is CN(C)C(=O)c1cn[nH]c1C1CCCCN1CC(O)Cn1cccn1. The Morgan fingerprint density at radius 3 is 3.00 bits per heavy atom. The predicted molar refractivity (Wildman–Crippen MR) is 93.0 cm³/mol. The summed E-state index contributed by atoms with van der Waals surface area (Å²) in [6.07, 6.45) is 7.78. The Bertz CT molecular complexity index is 681. The van der Waals surface area contributed by atoms with E-state index < -0.39 is 6.10 Å². The zero-order chi connectivity index (χ0) is 17.8. The van der Waals surface area contributed by atoms with Gasteiger partial charge in [-0.3, -0.25) is 19.5 Å². The van der Waals surface area contributed by atoms with Crippen LogP contribution < -0.4 is 0 Å². The lowest BCUT2D eigenvalue weighted by molar-refractivity contribution is 0.0540. The monoisotopic (exact) mass is 346 g/mol. The molecule has 3 rings (SSSR count). The van der Waals surface area contributed by atoms with Gasteiger partial charge in [-0.2, -0.15) is 10.2 Å². The lowest BCUT2D eigenvalue weighted by Crippen LogP contribution is -2.41. The minimum Gasteiger partial charge on any atom is -0.390 e. The first-order chi connectivity index (χ1) is 12.1. The molecule has 2 N–H and O–H groups in total. The average molecular weight is 346 g/mol. The highest BCUT2D eigenvalue weighted by Gasteiger charge is 2.30. The predicted octanol–water partition coefficient (Wildman–Crippen LogP) is 0.896. The number of amides is 1. The van der Waals surface area contributed by atoms with Gasteiger partial charge in [0.15, 0.2) is 0 Å². The molecule has 8 heteroatoms. The quantitative estimate of drug-likeness (QED) is 0.811.